The molecule has 0 amide bonds. The van der Waals surface area contributed by atoms with E-state index in [1.165, 1.54) is 6.07 Å². The van der Waals surface area contributed by atoms with Gasteiger partial charge < -0.3 is 5.73 Å². The number of benzene rings is 1. The van der Waals surface area contributed by atoms with Crippen molar-refractivity contribution >= 4 is 11.6 Å². The molecule has 1 atom stereocenters. The second-order valence-electron chi connectivity index (χ2n) is 4.64. The standard InChI is InChI=1S/C14H17ClFN3/c1-9-12(14(15)19(2)18-9)7-10(8-17)11-5-3-4-6-13(11)16/h3-6,10H,7-8,17H2,1-2H3. The SMILES string of the molecule is Cc1nn(C)c(Cl)c1CC(CN)c1ccccc1F. The second-order valence-corrected chi connectivity index (χ2v) is 4.99. The molecule has 102 valence electrons. The van der Waals surface area contributed by atoms with Crippen molar-refractivity contribution in [1.29, 1.82) is 0 Å². The summed E-state index contributed by atoms with van der Waals surface area (Å²) in [4.78, 5) is 0. The van der Waals surface area contributed by atoms with Crippen molar-refractivity contribution in [2.45, 2.75) is 19.3 Å². The van der Waals surface area contributed by atoms with Gasteiger partial charge in [-0.2, -0.15) is 5.10 Å². The lowest BCUT2D eigenvalue weighted by Gasteiger charge is -2.16. The zero-order valence-electron chi connectivity index (χ0n) is 11.0. The van der Waals surface area contributed by atoms with E-state index in [1.54, 1.807) is 23.9 Å². The molecule has 0 aliphatic carbocycles. The Balaban J connectivity index is 2.32. The topological polar surface area (TPSA) is 43.8 Å². The van der Waals surface area contributed by atoms with Crippen LogP contribution in [0.5, 0.6) is 0 Å². The minimum Gasteiger partial charge on any atom is -0.330 e. The summed E-state index contributed by atoms with van der Waals surface area (Å²) >= 11 is 6.21. The molecule has 0 spiro atoms. The van der Waals surface area contributed by atoms with Crippen LogP contribution in [-0.4, -0.2) is 16.3 Å². The number of aryl methyl sites for hydroxylation is 2. The number of halogens is 2. The minimum atomic E-state index is -0.226. The van der Waals surface area contributed by atoms with E-state index < -0.39 is 0 Å². The average Bonchev–Trinajstić information content (AvgIpc) is 2.63. The summed E-state index contributed by atoms with van der Waals surface area (Å²) in [6, 6.07) is 6.72. The average molecular weight is 282 g/mol. The van der Waals surface area contributed by atoms with E-state index in [4.69, 9.17) is 17.3 Å². The molecule has 0 saturated heterocycles. The number of rotatable bonds is 4. The Morgan fingerprint density at radius 1 is 1.42 bits per heavy atom. The summed E-state index contributed by atoms with van der Waals surface area (Å²) < 4.78 is 15.5. The van der Waals surface area contributed by atoms with E-state index in [0.717, 1.165) is 11.3 Å². The molecular formula is C14H17ClFN3. The van der Waals surface area contributed by atoms with Gasteiger partial charge in [-0.1, -0.05) is 29.8 Å². The molecule has 0 radical (unpaired) electrons. The van der Waals surface area contributed by atoms with Gasteiger partial charge in [0, 0.05) is 18.5 Å². The van der Waals surface area contributed by atoms with Gasteiger partial charge in [0.05, 0.1) is 5.69 Å². The molecule has 1 aromatic carbocycles. The molecule has 0 saturated carbocycles. The van der Waals surface area contributed by atoms with Crippen molar-refractivity contribution in [3.8, 4) is 0 Å². The Hall–Kier alpha value is -1.39. The predicted molar refractivity (Wildman–Crippen MR) is 74.9 cm³/mol. The Labute approximate surface area is 117 Å². The fourth-order valence-corrected chi connectivity index (χ4v) is 2.53. The fourth-order valence-electron chi connectivity index (χ4n) is 2.28. The zero-order valence-corrected chi connectivity index (χ0v) is 11.8. The van der Waals surface area contributed by atoms with Gasteiger partial charge in [0.15, 0.2) is 0 Å². The van der Waals surface area contributed by atoms with Crippen LogP contribution in [0.25, 0.3) is 0 Å². The smallest absolute Gasteiger partial charge is 0.130 e. The van der Waals surface area contributed by atoms with E-state index in [1.807, 2.05) is 13.0 Å². The van der Waals surface area contributed by atoms with Gasteiger partial charge in [0.1, 0.15) is 11.0 Å². The van der Waals surface area contributed by atoms with Gasteiger partial charge in [0.2, 0.25) is 0 Å². The Bertz CT molecular complexity index is 580. The van der Waals surface area contributed by atoms with E-state index in [-0.39, 0.29) is 11.7 Å². The molecule has 0 fully saturated rings. The second kappa shape index (κ2) is 5.72. The van der Waals surface area contributed by atoms with Crippen molar-refractivity contribution in [2.75, 3.05) is 6.54 Å². The van der Waals surface area contributed by atoms with E-state index in [9.17, 15) is 4.39 Å². The normalized spacial score (nSPS) is 12.7. The Kier molecular flexibility index (Phi) is 4.22. The highest BCUT2D eigenvalue weighted by atomic mass is 35.5. The molecule has 2 N–H and O–H groups in total. The highest BCUT2D eigenvalue weighted by Gasteiger charge is 2.19. The number of aromatic nitrogens is 2. The third kappa shape index (κ3) is 2.80. The number of hydrogen-bond acceptors (Lipinski definition) is 2. The summed E-state index contributed by atoms with van der Waals surface area (Å²) in [5.41, 5.74) is 8.22. The molecule has 1 aromatic heterocycles. The summed E-state index contributed by atoms with van der Waals surface area (Å²) in [7, 11) is 1.79. The maximum absolute atomic E-state index is 13.8. The van der Waals surface area contributed by atoms with Crippen molar-refractivity contribution in [2.24, 2.45) is 12.8 Å². The highest BCUT2D eigenvalue weighted by Crippen LogP contribution is 2.27. The van der Waals surface area contributed by atoms with Crippen LogP contribution < -0.4 is 5.73 Å². The predicted octanol–water partition coefficient (Wildman–Crippen LogP) is 2.81. The lowest BCUT2D eigenvalue weighted by atomic mass is 9.92. The van der Waals surface area contributed by atoms with Crippen LogP contribution in [0.15, 0.2) is 24.3 Å². The van der Waals surface area contributed by atoms with Gasteiger partial charge in [-0.05, 0) is 31.5 Å². The molecule has 1 unspecified atom stereocenters. The molecule has 3 nitrogen and oxygen atoms in total. The number of hydrogen-bond donors (Lipinski definition) is 1. The molecule has 0 aliphatic rings. The van der Waals surface area contributed by atoms with Crippen LogP contribution in [0.2, 0.25) is 5.15 Å². The summed E-state index contributed by atoms with van der Waals surface area (Å²) in [5, 5.41) is 4.85. The van der Waals surface area contributed by atoms with Crippen LogP contribution in [-0.2, 0) is 13.5 Å². The van der Waals surface area contributed by atoms with Crippen molar-refractivity contribution in [1.82, 2.24) is 9.78 Å². The van der Waals surface area contributed by atoms with Crippen LogP contribution in [0.1, 0.15) is 22.7 Å². The van der Waals surface area contributed by atoms with Crippen molar-refractivity contribution < 1.29 is 4.39 Å². The maximum atomic E-state index is 13.8. The molecule has 0 bridgehead atoms. The lowest BCUT2D eigenvalue weighted by molar-refractivity contribution is 0.575. The first-order chi connectivity index (χ1) is 9.04. The van der Waals surface area contributed by atoms with Crippen molar-refractivity contribution in [3.05, 3.63) is 52.1 Å². The van der Waals surface area contributed by atoms with Crippen molar-refractivity contribution in [3.63, 3.8) is 0 Å². The largest absolute Gasteiger partial charge is 0.330 e. The van der Waals surface area contributed by atoms with Crippen LogP contribution in [0.3, 0.4) is 0 Å². The number of nitrogens with two attached hydrogens (primary N) is 1. The first-order valence-electron chi connectivity index (χ1n) is 6.17. The summed E-state index contributed by atoms with van der Waals surface area (Å²) in [6.45, 7) is 2.27. The third-order valence-electron chi connectivity index (χ3n) is 3.35. The lowest BCUT2D eigenvalue weighted by Crippen LogP contribution is -2.16. The summed E-state index contributed by atoms with van der Waals surface area (Å²) in [6.07, 6.45) is 0.593. The fraction of sp³-hybridized carbons (Fsp3) is 0.357. The van der Waals surface area contributed by atoms with E-state index in [2.05, 4.69) is 5.10 Å². The quantitative estimate of drug-likeness (QED) is 0.936. The first kappa shape index (κ1) is 14.0. The van der Waals surface area contributed by atoms with Crippen LogP contribution in [0.4, 0.5) is 4.39 Å². The van der Waals surface area contributed by atoms with Gasteiger partial charge in [0.25, 0.3) is 0 Å². The molecule has 0 aliphatic heterocycles. The molecular weight excluding hydrogens is 265 g/mol. The monoisotopic (exact) mass is 281 g/mol. The molecule has 5 heteroatoms. The van der Waals surface area contributed by atoms with Crippen LogP contribution in [0, 0.1) is 12.7 Å². The first-order valence-corrected chi connectivity index (χ1v) is 6.54. The van der Waals surface area contributed by atoms with Gasteiger partial charge in [-0.15, -0.1) is 0 Å². The molecule has 2 rings (SSSR count). The van der Waals surface area contributed by atoms with Gasteiger partial charge >= 0.3 is 0 Å². The van der Waals surface area contributed by atoms with Crippen LogP contribution >= 0.6 is 11.6 Å². The van der Waals surface area contributed by atoms with Gasteiger partial charge in [-0.25, -0.2) is 4.39 Å². The molecule has 19 heavy (non-hydrogen) atoms. The minimum absolute atomic E-state index is 0.0957. The summed E-state index contributed by atoms with van der Waals surface area (Å²) in [5.74, 6) is -0.322. The van der Waals surface area contributed by atoms with E-state index >= 15 is 0 Å². The van der Waals surface area contributed by atoms with E-state index in [0.29, 0.717) is 23.7 Å². The molecule has 1 heterocycles. The van der Waals surface area contributed by atoms with Gasteiger partial charge in [-0.3, -0.25) is 4.68 Å². The Morgan fingerprint density at radius 2 is 2.11 bits per heavy atom. The third-order valence-corrected chi connectivity index (χ3v) is 3.82. The Morgan fingerprint density at radius 3 is 2.63 bits per heavy atom. The molecule has 2 aromatic rings. The highest BCUT2D eigenvalue weighted by molar-refractivity contribution is 6.30. The maximum Gasteiger partial charge on any atom is 0.130 e. The number of nitrogens with zero attached hydrogens (tertiary/aromatic N) is 2. The zero-order chi connectivity index (χ0) is 14.0.